The first-order valence-corrected chi connectivity index (χ1v) is 8.71. The first-order valence-electron chi connectivity index (χ1n) is 8.33. The molecule has 9 heteroatoms. The van der Waals surface area contributed by atoms with Crippen molar-refractivity contribution in [1.29, 1.82) is 0 Å². The molecule has 0 unspecified atom stereocenters. The Kier molecular flexibility index (Phi) is 6.31. The summed E-state index contributed by atoms with van der Waals surface area (Å²) in [5.74, 6) is 0.125. The maximum Gasteiger partial charge on any atom is 0.404 e. The van der Waals surface area contributed by atoms with E-state index < -0.39 is 6.09 Å². The second-order valence-electron chi connectivity index (χ2n) is 6.34. The van der Waals surface area contributed by atoms with Crippen molar-refractivity contribution >= 4 is 40.6 Å². The fraction of sp³-hybridized carbons (Fsp3) is 0.471. The fourth-order valence-corrected chi connectivity index (χ4v) is 3.13. The van der Waals surface area contributed by atoms with Crippen LogP contribution in [-0.4, -0.2) is 47.2 Å². The van der Waals surface area contributed by atoms with E-state index in [0.717, 1.165) is 12.8 Å². The molecule has 0 aliphatic heterocycles. The molecule has 8 nitrogen and oxygen atoms in total. The standard InChI is InChI=1S/C17H24ClN5O3/c1-10(6-4-5-9-26-17(20)25)23-14-12(21-16(23)19)8-7-11(18)13(14)15(24)22(2)3/h7-8,10H,4-6,9H2,1-3H3,(H2,19,21)(H2,20,25)/t10-/m0/s1. The minimum Gasteiger partial charge on any atom is -0.450 e. The molecule has 2 amide bonds. The van der Waals surface area contributed by atoms with Gasteiger partial charge in [-0.3, -0.25) is 4.79 Å². The van der Waals surface area contributed by atoms with Crippen molar-refractivity contribution in [3.05, 3.63) is 22.7 Å². The zero-order chi connectivity index (χ0) is 19.4. The van der Waals surface area contributed by atoms with E-state index in [9.17, 15) is 9.59 Å². The molecule has 2 aromatic rings. The summed E-state index contributed by atoms with van der Waals surface area (Å²) in [4.78, 5) is 29.1. The summed E-state index contributed by atoms with van der Waals surface area (Å²) in [6.07, 6.45) is 1.47. The molecule has 4 N–H and O–H groups in total. The van der Waals surface area contributed by atoms with Crippen molar-refractivity contribution in [3.63, 3.8) is 0 Å². The zero-order valence-electron chi connectivity index (χ0n) is 15.2. The molecular formula is C17H24ClN5O3. The van der Waals surface area contributed by atoms with Crippen LogP contribution < -0.4 is 11.5 Å². The van der Waals surface area contributed by atoms with Crippen LogP contribution in [0.1, 0.15) is 42.6 Å². The van der Waals surface area contributed by atoms with Gasteiger partial charge < -0.3 is 25.7 Å². The third-order valence-corrected chi connectivity index (χ3v) is 4.46. The molecule has 1 atom stereocenters. The van der Waals surface area contributed by atoms with Crippen molar-refractivity contribution in [2.45, 2.75) is 32.2 Å². The molecule has 0 saturated carbocycles. The number of imidazole rings is 1. The Labute approximate surface area is 157 Å². The van der Waals surface area contributed by atoms with E-state index in [1.54, 1.807) is 26.2 Å². The molecule has 0 radical (unpaired) electrons. The van der Waals surface area contributed by atoms with Crippen molar-refractivity contribution in [2.24, 2.45) is 5.73 Å². The molecule has 0 spiro atoms. The third kappa shape index (κ3) is 4.19. The summed E-state index contributed by atoms with van der Waals surface area (Å²) in [7, 11) is 3.34. The lowest BCUT2D eigenvalue weighted by molar-refractivity contribution is 0.0829. The summed E-state index contributed by atoms with van der Waals surface area (Å²) in [6, 6.07) is 3.40. The highest BCUT2D eigenvalue weighted by Gasteiger charge is 2.23. The Balaban J connectivity index is 2.31. The van der Waals surface area contributed by atoms with Gasteiger partial charge >= 0.3 is 6.09 Å². The van der Waals surface area contributed by atoms with E-state index in [1.165, 1.54) is 4.90 Å². The molecule has 0 bridgehead atoms. The largest absolute Gasteiger partial charge is 0.450 e. The van der Waals surface area contributed by atoms with Crippen LogP contribution in [0.5, 0.6) is 0 Å². The first kappa shape index (κ1) is 19.8. The van der Waals surface area contributed by atoms with E-state index in [1.807, 2.05) is 11.5 Å². The first-order chi connectivity index (χ1) is 12.2. The fourth-order valence-electron chi connectivity index (χ4n) is 2.90. The highest BCUT2D eigenvalue weighted by Crippen LogP contribution is 2.32. The molecule has 1 heterocycles. The molecule has 0 saturated heterocycles. The molecule has 26 heavy (non-hydrogen) atoms. The predicted octanol–water partition coefficient (Wildman–Crippen LogP) is 2.80. The molecule has 1 aromatic heterocycles. The normalized spacial score (nSPS) is 12.2. The van der Waals surface area contributed by atoms with Crippen molar-refractivity contribution in [2.75, 3.05) is 26.4 Å². The number of benzene rings is 1. The van der Waals surface area contributed by atoms with E-state index in [2.05, 4.69) is 4.98 Å². The summed E-state index contributed by atoms with van der Waals surface area (Å²) < 4.78 is 6.57. The van der Waals surface area contributed by atoms with Crippen LogP contribution in [0, 0.1) is 0 Å². The Morgan fingerprint density at radius 1 is 1.35 bits per heavy atom. The van der Waals surface area contributed by atoms with Gasteiger partial charge in [-0.25, -0.2) is 9.78 Å². The summed E-state index contributed by atoms with van der Waals surface area (Å²) in [5, 5.41) is 0.361. The monoisotopic (exact) mass is 381 g/mol. The number of rotatable bonds is 7. The Morgan fingerprint density at radius 2 is 2.04 bits per heavy atom. The number of anilines is 1. The number of halogens is 1. The van der Waals surface area contributed by atoms with Gasteiger partial charge in [0.05, 0.1) is 28.2 Å². The van der Waals surface area contributed by atoms with Crippen LogP contribution in [-0.2, 0) is 4.74 Å². The minimum absolute atomic E-state index is 0.0132. The molecule has 2 rings (SSSR count). The molecular weight excluding hydrogens is 358 g/mol. The maximum absolute atomic E-state index is 12.6. The third-order valence-electron chi connectivity index (χ3n) is 4.15. The van der Waals surface area contributed by atoms with Crippen molar-refractivity contribution in [3.8, 4) is 0 Å². The molecule has 0 aliphatic carbocycles. The Hall–Kier alpha value is -2.48. The average molecular weight is 382 g/mol. The smallest absolute Gasteiger partial charge is 0.404 e. The molecule has 0 aliphatic rings. The number of ether oxygens (including phenoxy) is 1. The van der Waals surface area contributed by atoms with Gasteiger partial charge in [0, 0.05) is 20.1 Å². The molecule has 142 valence electrons. The van der Waals surface area contributed by atoms with Gasteiger partial charge in [0.2, 0.25) is 5.95 Å². The van der Waals surface area contributed by atoms with Gasteiger partial charge in [-0.2, -0.15) is 0 Å². The highest BCUT2D eigenvalue weighted by molar-refractivity contribution is 6.35. The summed E-state index contributed by atoms with van der Waals surface area (Å²) in [5.41, 5.74) is 12.7. The van der Waals surface area contributed by atoms with Crippen LogP contribution in [0.25, 0.3) is 11.0 Å². The number of nitrogens with two attached hydrogens (primary N) is 2. The number of carbonyl (C=O) groups is 2. The number of nitrogens with zero attached hydrogens (tertiary/aromatic N) is 3. The Morgan fingerprint density at radius 3 is 2.65 bits per heavy atom. The van der Waals surface area contributed by atoms with Crippen LogP contribution in [0.3, 0.4) is 0 Å². The number of amides is 2. The van der Waals surface area contributed by atoms with Gasteiger partial charge in [-0.15, -0.1) is 0 Å². The van der Waals surface area contributed by atoms with E-state index in [0.29, 0.717) is 34.0 Å². The van der Waals surface area contributed by atoms with Crippen LogP contribution >= 0.6 is 11.6 Å². The van der Waals surface area contributed by atoms with Crippen molar-refractivity contribution < 1.29 is 14.3 Å². The van der Waals surface area contributed by atoms with Crippen LogP contribution in [0.15, 0.2) is 12.1 Å². The van der Waals surface area contributed by atoms with Gasteiger partial charge in [0.15, 0.2) is 0 Å². The van der Waals surface area contributed by atoms with Gasteiger partial charge in [0.1, 0.15) is 0 Å². The van der Waals surface area contributed by atoms with Crippen LogP contribution in [0.2, 0.25) is 5.02 Å². The van der Waals surface area contributed by atoms with Gasteiger partial charge in [-0.05, 0) is 38.3 Å². The predicted molar refractivity (Wildman–Crippen MR) is 101 cm³/mol. The maximum atomic E-state index is 12.6. The van der Waals surface area contributed by atoms with E-state index >= 15 is 0 Å². The zero-order valence-corrected chi connectivity index (χ0v) is 15.9. The number of hydrogen-bond donors (Lipinski definition) is 2. The number of unbranched alkanes of at least 4 members (excludes halogenated alkanes) is 1. The molecule has 0 fully saturated rings. The second kappa shape index (κ2) is 8.27. The van der Waals surface area contributed by atoms with Crippen LogP contribution in [0.4, 0.5) is 10.7 Å². The number of hydrogen-bond acceptors (Lipinski definition) is 5. The topological polar surface area (TPSA) is 116 Å². The summed E-state index contributed by atoms with van der Waals surface area (Å²) in [6.45, 7) is 2.27. The number of primary amides is 1. The lowest BCUT2D eigenvalue weighted by Gasteiger charge is -2.19. The second-order valence-corrected chi connectivity index (χ2v) is 6.75. The quantitative estimate of drug-likeness (QED) is 0.715. The average Bonchev–Trinajstić information content (AvgIpc) is 2.89. The lowest BCUT2D eigenvalue weighted by atomic mass is 10.1. The van der Waals surface area contributed by atoms with E-state index in [-0.39, 0.29) is 18.6 Å². The minimum atomic E-state index is -0.774. The van der Waals surface area contributed by atoms with Crippen molar-refractivity contribution in [1.82, 2.24) is 14.5 Å². The SMILES string of the molecule is C[C@@H](CCCCOC(N)=O)n1c(N)nc2ccc(Cl)c(C(=O)N(C)C)c21. The number of nitrogen functional groups attached to an aromatic ring is 1. The Bertz CT molecular complexity index is 818. The number of fused-ring (bicyclic) bond motifs is 1. The van der Waals surface area contributed by atoms with Gasteiger partial charge in [0.25, 0.3) is 5.91 Å². The van der Waals surface area contributed by atoms with E-state index in [4.69, 9.17) is 27.8 Å². The van der Waals surface area contributed by atoms with Gasteiger partial charge in [-0.1, -0.05) is 11.6 Å². The number of aromatic nitrogens is 2. The molecule has 1 aromatic carbocycles. The highest BCUT2D eigenvalue weighted by atomic mass is 35.5. The number of carbonyl (C=O) groups excluding carboxylic acids is 2. The lowest BCUT2D eigenvalue weighted by Crippen LogP contribution is -2.23. The summed E-state index contributed by atoms with van der Waals surface area (Å²) >= 11 is 6.31.